The number of aromatic nitrogens is 1. The van der Waals surface area contributed by atoms with Gasteiger partial charge in [0, 0.05) is 33.3 Å². The molecule has 0 saturated carbocycles. The quantitative estimate of drug-likeness (QED) is 0.152. The van der Waals surface area contributed by atoms with Crippen LogP contribution in [0.2, 0.25) is 0 Å². The second kappa shape index (κ2) is 14.4. The zero-order chi connectivity index (χ0) is 37.3. The van der Waals surface area contributed by atoms with E-state index in [-0.39, 0.29) is 0 Å². The molecule has 0 saturated heterocycles. The standard InChI is InChI=1S/C54H38N2/c1-4-18-39(19-5-1)40-32-34-43(35-33-40)55-53-31-17-14-28-49(53)50-37-36-44(38-54(50)55)56(51-29-15-12-25-46(51)42-22-8-3-9-23-42)52-30-16-13-27-48(52)47-26-11-10-24-45(47)41-20-6-2-7-21-41/h1-38H. The second-order valence-corrected chi connectivity index (χ2v) is 14.1. The van der Waals surface area contributed by atoms with Gasteiger partial charge in [0.15, 0.2) is 0 Å². The molecule has 0 aliphatic carbocycles. The molecule has 0 aliphatic rings. The highest BCUT2D eigenvalue weighted by molar-refractivity contribution is 6.11. The number of hydrogen-bond acceptors (Lipinski definition) is 1. The van der Waals surface area contributed by atoms with Crippen molar-refractivity contribution in [2.45, 2.75) is 0 Å². The van der Waals surface area contributed by atoms with Crippen molar-refractivity contribution in [1.82, 2.24) is 4.57 Å². The topological polar surface area (TPSA) is 8.17 Å². The molecule has 0 unspecified atom stereocenters. The molecule has 9 aromatic carbocycles. The molecule has 0 fully saturated rings. The van der Waals surface area contributed by atoms with Gasteiger partial charge in [-0.25, -0.2) is 0 Å². The monoisotopic (exact) mass is 714 g/mol. The fourth-order valence-corrected chi connectivity index (χ4v) is 8.23. The van der Waals surface area contributed by atoms with Gasteiger partial charge in [-0.3, -0.25) is 0 Å². The number of hydrogen-bond donors (Lipinski definition) is 0. The van der Waals surface area contributed by atoms with Crippen molar-refractivity contribution in [3.8, 4) is 50.2 Å². The fraction of sp³-hybridized carbons (Fsp3) is 0. The number of para-hydroxylation sites is 3. The first-order chi connectivity index (χ1) is 27.8. The highest BCUT2D eigenvalue weighted by Crippen LogP contribution is 2.47. The van der Waals surface area contributed by atoms with Gasteiger partial charge in [0.1, 0.15) is 0 Å². The Kier molecular flexibility index (Phi) is 8.55. The van der Waals surface area contributed by atoms with Gasteiger partial charge in [-0.1, -0.05) is 188 Å². The van der Waals surface area contributed by atoms with Crippen molar-refractivity contribution in [1.29, 1.82) is 0 Å². The molecule has 10 aromatic rings. The van der Waals surface area contributed by atoms with Crippen LogP contribution in [-0.2, 0) is 0 Å². The lowest BCUT2D eigenvalue weighted by atomic mass is 9.92. The normalized spacial score (nSPS) is 11.2. The molecule has 56 heavy (non-hydrogen) atoms. The lowest BCUT2D eigenvalue weighted by Gasteiger charge is -2.30. The van der Waals surface area contributed by atoms with Crippen LogP contribution in [0.15, 0.2) is 231 Å². The first kappa shape index (κ1) is 33.2. The van der Waals surface area contributed by atoms with E-state index in [1.54, 1.807) is 0 Å². The van der Waals surface area contributed by atoms with Gasteiger partial charge >= 0.3 is 0 Å². The van der Waals surface area contributed by atoms with E-state index in [1.165, 1.54) is 49.7 Å². The molecule has 10 rings (SSSR count). The van der Waals surface area contributed by atoms with E-state index in [2.05, 4.69) is 240 Å². The molecule has 264 valence electrons. The van der Waals surface area contributed by atoms with Crippen molar-refractivity contribution in [2.75, 3.05) is 4.90 Å². The van der Waals surface area contributed by atoms with Crippen LogP contribution in [0.25, 0.3) is 72.0 Å². The molecular weight excluding hydrogens is 677 g/mol. The summed E-state index contributed by atoms with van der Waals surface area (Å²) in [5.41, 5.74) is 16.2. The van der Waals surface area contributed by atoms with E-state index in [4.69, 9.17) is 0 Å². The Morgan fingerprint density at radius 3 is 1.43 bits per heavy atom. The van der Waals surface area contributed by atoms with Gasteiger partial charge in [0.2, 0.25) is 0 Å². The Balaban J connectivity index is 1.22. The van der Waals surface area contributed by atoms with Gasteiger partial charge in [0.05, 0.1) is 22.4 Å². The van der Waals surface area contributed by atoms with Gasteiger partial charge < -0.3 is 9.47 Å². The molecule has 0 bridgehead atoms. The van der Waals surface area contributed by atoms with Crippen molar-refractivity contribution in [3.05, 3.63) is 231 Å². The van der Waals surface area contributed by atoms with E-state index < -0.39 is 0 Å². The third-order valence-corrected chi connectivity index (χ3v) is 10.8. The first-order valence-electron chi connectivity index (χ1n) is 19.2. The van der Waals surface area contributed by atoms with Crippen molar-refractivity contribution in [3.63, 3.8) is 0 Å². The maximum Gasteiger partial charge on any atom is 0.0561 e. The molecule has 1 heterocycles. The van der Waals surface area contributed by atoms with Crippen LogP contribution in [0.1, 0.15) is 0 Å². The van der Waals surface area contributed by atoms with Crippen LogP contribution in [0.4, 0.5) is 17.1 Å². The zero-order valence-electron chi connectivity index (χ0n) is 30.8. The maximum atomic E-state index is 2.46. The highest BCUT2D eigenvalue weighted by atomic mass is 15.1. The summed E-state index contributed by atoms with van der Waals surface area (Å²) in [5, 5.41) is 2.45. The summed E-state index contributed by atoms with van der Waals surface area (Å²) in [7, 11) is 0. The fourth-order valence-electron chi connectivity index (χ4n) is 8.23. The first-order valence-corrected chi connectivity index (χ1v) is 19.2. The summed E-state index contributed by atoms with van der Waals surface area (Å²) in [4.78, 5) is 2.46. The van der Waals surface area contributed by atoms with Gasteiger partial charge in [-0.2, -0.15) is 0 Å². The average Bonchev–Trinajstić information content (AvgIpc) is 3.61. The highest BCUT2D eigenvalue weighted by Gasteiger charge is 2.23. The minimum atomic E-state index is 1.08. The SMILES string of the molecule is c1ccc(-c2ccc(-n3c4ccccc4c4ccc(N(c5ccccc5-c5ccccc5)c5ccccc5-c5ccccc5-c5ccccc5)cc43)cc2)cc1. The molecule has 0 amide bonds. The smallest absolute Gasteiger partial charge is 0.0561 e. The Morgan fingerprint density at radius 1 is 0.286 bits per heavy atom. The molecule has 0 aliphatic heterocycles. The zero-order valence-corrected chi connectivity index (χ0v) is 30.8. The molecule has 2 nitrogen and oxygen atoms in total. The van der Waals surface area contributed by atoms with Crippen LogP contribution in [0.3, 0.4) is 0 Å². The predicted octanol–water partition coefficient (Wildman–Crippen LogP) is 14.9. The van der Waals surface area contributed by atoms with Gasteiger partial charge in [-0.05, 0) is 75.8 Å². The second-order valence-electron chi connectivity index (χ2n) is 14.1. The molecule has 0 radical (unpaired) electrons. The summed E-state index contributed by atoms with van der Waals surface area (Å²) in [6.07, 6.45) is 0. The van der Waals surface area contributed by atoms with Gasteiger partial charge in [-0.15, -0.1) is 0 Å². The number of anilines is 3. The summed E-state index contributed by atoms with van der Waals surface area (Å²) >= 11 is 0. The largest absolute Gasteiger partial charge is 0.309 e. The van der Waals surface area contributed by atoms with Crippen molar-refractivity contribution in [2.24, 2.45) is 0 Å². The van der Waals surface area contributed by atoms with E-state index in [1.807, 2.05) is 0 Å². The predicted molar refractivity (Wildman–Crippen MR) is 237 cm³/mol. The lowest BCUT2D eigenvalue weighted by Crippen LogP contribution is -2.12. The lowest BCUT2D eigenvalue weighted by molar-refractivity contribution is 1.18. The van der Waals surface area contributed by atoms with Crippen molar-refractivity contribution < 1.29 is 0 Å². The van der Waals surface area contributed by atoms with Crippen molar-refractivity contribution >= 4 is 38.9 Å². The summed E-state index contributed by atoms with van der Waals surface area (Å²) < 4.78 is 2.42. The van der Waals surface area contributed by atoms with Crippen LogP contribution < -0.4 is 4.90 Å². The van der Waals surface area contributed by atoms with E-state index >= 15 is 0 Å². The molecule has 2 heteroatoms. The number of rotatable bonds is 8. The molecule has 1 aromatic heterocycles. The summed E-state index contributed by atoms with van der Waals surface area (Å²) in [6.45, 7) is 0. The number of nitrogens with zero attached hydrogens (tertiary/aromatic N) is 2. The van der Waals surface area contributed by atoms with Crippen LogP contribution >= 0.6 is 0 Å². The number of fused-ring (bicyclic) bond motifs is 3. The maximum absolute atomic E-state index is 2.46. The minimum absolute atomic E-state index is 1.08. The minimum Gasteiger partial charge on any atom is -0.309 e. The van der Waals surface area contributed by atoms with E-state index in [9.17, 15) is 0 Å². The van der Waals surface area contributed by atoms with E-state index in [0.717, 1.165) is 39.4 Å². The summed E-state index contributed by atoms with van der Waals surface area (Å²) in [6, 6.07) is 83.1. The Hall–Kier alpha value is -7.42. The third kappa shape index (κ3) is 5.95. The molecule has 0 atom stereocenters. The Morgan fingerprint density at radius 2 is 0.750 bits per heavy atom. The molecular formula is C54H38N2. The Labute approximate surface area is 327 Å². The van der Waals surface area contributed by atoms with Gasteiger partial charge in [0.25, 0.3) is 0 Å². The summed E-state index contributed by atoms with van der Waals surface area (Å²) in [5.74, 6) is 0. The van der Waals surface area contributed by atoms with Crippen LogP contribution in [0.5, 0.6) is 0 Å². The average molecular weight is 715 g/mol. The number of benzene rings is 9. The van der Waals surface area contributed by atoms with Crippen LogP contribution in [-0.4, -0.2) is 4.57 Å². The van der Waals surface area contributed by atoms with Crippen LogP contribution in [0, 0.1) is 0 Å². The molecule has 0 spiro atoms. The Bertz CT molecular complexity index is 2940. The third-order valence-electron chi connectivity index (χ3n) is 10.8. The van der Waals surface area contributed by atoms with E-state index in [0.29, 0.717) is 0 Å². The molecule has 0 N–H and O–H groups in total.